The van der Waals surface area contributed by atoms with E-state index in [1.165, 1.54) is 19.2 Å². The Labute approximate surface area is 135 Å². The summed E-state index contributed by atoms with van der Waals surface area (Å²) in [5, 5.41) is 7.25. The first-order chi connectivity index (χ1) is 11.3. The molecule has 1 saturated carbocycles. The van der Waals surface area contributed by atoms with E-state index in [-0.39, 0.29) is 5.91 Å². The van der Waals surface area contributed by atoms with Crippen LogP contribution in [0.4, 0.5) is 0 Å². The number of hydrogen-bond acceptors (Lipinski definition) is 4. The van der Waals surface area contributed by atoms with Crippen LogP contribution in [0.3, 0.4) is 0 Å². The molecule has 1 N–H and O–H groups in total. The molecule has 2 fully saturated rings. The van der Waals surface area contributed by atoms with Crippen LogP contribution in [0.5, 0.6) is 0 Å². The molecule has 120 valence electrons. The largest absolute Gasteiger partial charge is 0.349 e. The van der Waals surface area contributed by atoms with Crippen molar-refractivity contribution in [2.24, 2.45) is 0 Å². The highest BCUT2D eigenvalue weighted by atomic mass is 16.1. The number of carbonyl (C=O) groups excluding carboxylic acids is 1. The molecular formula is C17H21N5O. The van der Waals surface area contributed by atoms with Gasteiger partial charge in [-0.2, -0.15) is 5.10 Å². The van der Waals surface area contributed by atoms with Crippen molar-refractivity contribution in [1.29, 1.82) is 0 Å². The number of nitrogens with one attached hydrogen (secondary N) is 1. The van der Waals surface area contributed by atoms with E-state index < -0.39 is 0 Å². The van der Waals surface area contributed by atoms with E-state index >= 15 is 0 Å². The molecule has 0 unspecified atom stereocenters. The molecule has 6 heteroatoms. The first-order valence-corrected chi connectivity index (χ1v) is 8.29. The standard InChI is InChI=1S/C17H21N5O/c23-17(20-14-7-9-21(10-8-14)15-5-6-15)13-1-3-16(4-2-13)22-12-18-11-19-22/h1-4,11-12,14-15H,5-10H2,(H,20,23). The molecule has 23 heavy (non-hydrogen) atoms. The maximum Gasteiger partial charge on any atom is 0.251 e. The van der Waals surface area contributed by atoms with Crippen molar-refractivity contribution in [3.63, 3.8) is 0 Å². The van der Waals surface area contributed by atoms with Gasteiger partial charge in [-0.25, -0.2) is 9.67 Å². The molecule has 0 atom stereocenters. The van der Waals surface area contributed by atoms with Crippen LogP contribution in [-0.2, 0) is 0 Å². The molecule has 0 bridgehead atoms. The molecule has 4 rings (SSSR count). The monoisotopic (exact) mass is 311 g/mol. The van der Waals surface area contributed by atoms with Crippen LogP contribution in [0.15, 0.2) is 36.9 Å². The lowest BCUT2D eigenvalue weighted by molar-refractivity contribution is 0.0909. The van der Waals surface area contributed by atoms with Gasteiger partial charge in [-0.05, 0) is 49.9 Å². The SMILES string of the molecule is O=C(NC1CCN(C2CC2)CC1)c1ccc(-n2cncn2)cc1. The number of aromatic nitrogens is 3. The Balaban J connectivity index is 1.34. The molecule has 1 amide bonds. The second-order valence-electron chi connectivity index (χ2n) is 6.40. The summed E-state index contributed by atoms with van der Waals surface area (Å²) in [6.07, 6.45) is 7.96. The quantitative estimate of drug-likeness (QED) is 0.932. The van der Waals surface area contributed by atoms with Gasteiger partial charge in [0.05, 0.1) is 5.69 Å². The third-order valence-electron chi connectivity index (χ3n) is 4.74. The van der Waals surface area contributed by atoms with Crippen LogP contribution in [-0.4, -0.2) is 50.7 Å². The van der Waals surface area contributed by atoms with E-state index in [0.717, 1.165) is 37.7 Å². The fourth-order valence-electron chi connectivity index (χ4n) is 3.22. The summed E-state index contributed by atoms with van der Waals surface area (Å²) in [5.74, 6) is 0.0139. The Bertz CT molecular complexity index is 655. The van der Waals surface area contributed by atoms with Gasteiger partial charge in [0.2, 0.25) is 0 Å². The summed E-state index contributed by atoms with van der Waals surface area (Å²) >= 11 is 0. The van der Waals surface area contributed by atoms with E-state index in [1.54, 1.807) is 11.0 Å². The van der Waals surface area contributed by atoms with E-state index in [4.69, 9.17) is 0 Å². The number of rotatable bonds is 4. The first-order valence-electron chi connectivity index (χ1n) is 8.29. The lowest BCUT2D eigenvalue weighted by Crippen LogP contribution is -2.45. The van der Waals surface area contributed by atoms with E-state index in [0.29, 0.717) is 11.6 Å². The van der Waals surface area contributed by atoms with Crippen LogP contribution in [0.25, 0.3) is 5.69 Å². The van der Waals surface area contributed by atoms with E-state index in [1.807, 2.05) is 24.3 Å². The molecule has 6 nitrogen and oxygen atoms in total. The van der Waals surface area contributed by atoms with Crippen LogP contribution in [0.1, 0.15) is 36.0 Å². The Morgan fingerprint density at radius 1 is 1.09 bits per heavy atom. The Morgan fingerprint density at radius 3 is 2.43 bits per heavy atom. The highest BCUT2D eigenvalue weighted by Crippen LogP contribution is 2.29. The van der Waals surface area contributed by atoms with Gasteiger partial charge in [-0.15, -0.1) is 0 Å². The third-order valence-corrected chi connectivity index (χ3v) is 4.74. The van der Waals surface area contributed by atoms with Crippen molar-refractivity contribution in [3.05, 3.63) is 42.5 Å². The Kier molecular flexibility index (Phi) is 3.83. The summed E-state index contributed by atoms with van der Waals surface area (Å²) in [7, 11) is 0. The maximum absolute atomic E-state index is 12.4. The Hall–Kier alpha value is -2.21. The van der Waals surface area contributed by atoms with Crippen molar-refractivity contribution in [2.45, 2.75) is 37.8 Å². The lowest BCUT2D eigenvalue weighted by atomic mass is 10.0. The van der Waals surface area contributed by atoms with Gasteiger partial charge < -0.3 is 10.2 Å². The topological polar surface area (TPSA) is 63.1 Å². The zero-order valence-corrected chi connectivity index (χ0v) is 13.1. The molecule has 0 spiro atoms. The van der Waals surface area contributed by atoms with Crippen LogP contribution >= 0.6 is 0 Å². The number of hydrogen-bond donors (Lipinski definition) is 1. The van der Waals surface area contributed by atoms with Crippen LogP contribution in [0, 0.1) is 0 Å². The van der Waals surface area contributed by atoms with E-state index in [9.17, 15) is 4.79 Å². The minimum atomic E-state index is 0.0139. The van der Waals surface area contributed by atoms with Crippen molar-refractivity contribution < 1.29 is 4.79 Å². The van der Waals surface area contributed by atoms with Gasteiger partial charge in [0.15, 0.2) is 0 Å². The molecule has 2 heterocycles. The smallest absolute Gasteiger partial charge is 0.251 e. The first kappa shape index (κ1) is 14.4. The highest BCUT2D eigenvalue weighted by molar-refractivity contribution is 5.94. The zero-order valence-electron chi connectivity index (χ0n) is 13.1. The number of benzene rings is 1. The fraction of sp³-hybridized carbons (Fsp3) is 0.471. The van der Waals surface area contributed by atoms with Crippen molar-refractivity contribution in [1.82, 2.24) is 25.0 Å². The molecule has 1 saturated heterocycles. The summed E-state index contributed by atoms with van der Waals surface area (Å²) in [6, 6.07) is 8.58. The zero-order chi connectivity index (χ0) is 15.6. The van der Waals surface area contributed by atoms with E-state index in [2.05, 4.69) is 20.3 Å². The number of likely N-dealkylation sites (tertiary alicyclic amines) is 1. The average Bonchev–Trinajstić information content (AvgIpc) is 3.30. The molecule has 1 aliphatic heterocycles. The minimum absolute atomic E-state index is 0.0139. The molecule has 2 aromatic rings. The van der Waals surface area contributed by atoms with Crippen LogP contribution in [0.2, 0.25) is 0 Å². The maximum atomic E-state index is 12.4. The molecule has 2 aliphatic rings. The molecule has 1 aromatic heterocycles. The van der Waals surface area contributed by atoms with Gasteiger partial charge in [0, 0.05) is 30.7 Å². The fourth-order valence-corrected chi connectivity index (χ4v) is 3.22. The molecule has 0 radical (unpaired) electrons. The van der Waals surface area contributed by atoms with Crippen LogP contribution < -0.4 is 5.32 Å². The predicted octanol–water partition coefficient (Wildman–Crippen LogP) is 1.62. The minimum Gasteiger partial charge on any atom is -0.349 e. The summed E-state index contributed by atoms with van der Waals surface area (Å²) in [6.45, 7) is 2.22. The number of nitrogens with zero attached hydrogens (tertiary/aromatic N) is 4. The summed E-state index contributed by atoms with van der Waals surface area (Å²) in [5.41, 5.74) is 1.59. The molecular weight excluding hydrogens is 290 g/mol. The third kappa shape index (κ3) is 3.27. The number of piperidine rings is 1. The van der Waals surface area contributed by atoms with Gasteiger partial charge in [-0.3, -0.25) is 4.79 Å². The number of amides is 1. The predicted molar refractivity (Wildman–Crippen MR) is 86.4 cm³/mol. The normalized spacial score (nSPS) is 19.7. The van der Waals surface area contributed by atoms with Gasteiger partial charge in [0.25, 0.3) is 5.91 Å². The number of carbonyl (C=O) groups is 1. The van der Waals surface area contributed by atoms with Gasteiger partial charge in [-0.1, -0.05) is 0 Å². The van der Waals surface area contributed by atoms with Crippen molar-refractivity contribution >= 4 is 5.91 Å². The lowest BCUT2D eigenvalue weighted by Gasteiger charge is -2.32. The van der Waals surface area contributed by atoms with Gasteiger partial charge >= 0.3 is 0 Å². The summed E-state index contributed by atoms with van der Waals surface area (Å²) < 4.78 is 1.68. The van der Waals surface area contributed by atoms with Crippen molar-refractivity contribution in [3.8, 4) is 5.69 Å². The average molecular weight is 311 g/mol. The van der Waals surface area contributed by atoms with Gasteiger partial charge in [0.1, 0.15) is 12.7 Å². The highest BCUT2D eigenvalue weighted by Gasteiger charge is 2.32. The molecule has 1 aromatic carbocycles. The second-order valence-corrected chi connectivity index (χ2v) is 6.40. The molecule has 1 aliphatic carbocycles. The Morgan fingerprint density at radius 2 is 1.83 bits per heavy atom. The summed E-state index contributed by atoms with van der Waals surface area (Å²) in [4.78, 5) is 18.9. The van der Waals surface area contributed by atoms with Crippen molar-refractivity contribution in [2.75, 3.05) is 13.1 Å². The second kappa shape index (κ2) is 6.12.